The van der Waals surface area contributed by atoms with Crippen molar-refractivity contribution in [2.24, 2.45) is 0 Å². The van der Waals surface area contributed by atoms with Gasteiger partial charge in [-0.15, -0.1) is 11.3 Å². The highest BCUT2D eigenvalue weighted by molar-refractivity contribution is 7.16. The number of nitrogens with one attached hydrogen (secondary N) is 2. The summed E-state index contributed by atoms with van der Waals surface area (Å²) in [4.78, 5) is 9.58. The second-order valence-corrected chi connectivity index (χ2v) is 5.26. The van der Waals surface area contributed by atoms with Gasteiger partial charge in [-0.05, 0) is 37.3 Å². The fraction of sp³-hybridized carbons (Fsp3) is 0.500. The predicted molar refractivity (Wildman–Crippen MR) is 71.5 cm³/mol. The molecule has 0 aromatic carbocycles. The predicted octanol–water partition coefficient (Wildman–Crippen LogP) is 2.25. The van der Waals surface area contributed by atoms with E-state index in [2.05, 4.69) is 32.0 Å². The van der Waals surface area contributed by atoms with Gasteiger partial charge in [0.1, 0.15) is 17.0 Å². The van der Waals surface area contributed by atoms with Crippen molar-refractivity contribution in [1.82, 2.24) is 15.3 Å². The molecule has 1 fully saturated rings. The van der Waals surface area contributed by atoms with Gasteiger partial charge in [0.2, 0.25) is 0 Å². The van der Waals surface area contributed by atoms with Crippen LogP contribution in [0.1, 0.15) is 19.3 Å². The minimum absolute atomic E-state index is 0.803. The van der Waals surface area contributed by atoms with Crippen molar-refractivity contribution >= 4 is 27.4 Å². The summed E-state index contributed by atoms with van der Waals surface area (Å²) in [6.45, 7) is 2.05. The molecule has 2 aromatic rings. The van der Waals surface area contributed by atoms with Gasteiger partial charge in [0.25, 0.3) is 0 Å². The Hall–Kier alpha value is -1.20. The van der Waals surface area contributed by atoms with Crippen molar-refractivity contribution in [2.45, 2.75) is 25.3 Å². The van der Waals surface area contributed by atoms with Crippen LogP contribution >= 0.6 is 11.3 Å². The van der Waals surface area contributed by atoms with Crippen molar-refractivity contribution in [3.63, 3.8) is 0 Å². The Labute approximate surface area is 104 Å². The average molecular weight is 248 g/mol. The summed E-state index contributed by atoms with van der Waals surface area (Å²) < 4.78 is 0. The molecular formula is C12H16N4S. The molecule has 3 rings (SSSR count). The van der Waals surface area contributed by atoms with Crippen molar-refractivity contribution in [3.8, 4) is 0 Å². The topological polar surface area (TPSA) is 49.8 Å². The summed E-state index contributed by atoms with van der Waals surface area (Å²) in [5, 5.41) is 10.1. The fourth-order valence-corrected chi connectivity index (χ4v) is 2.55. The van der Waals surface area contributed by atoms with Crippen LogP contribution < -0.4 is 10.6 Å². The maximum Gasteiger partial charge on any atom is 0.138 e. The quantitative estimate of drug-likeness (QED) is 0.770. The Bertz CT molecular complexity index is 492. The highest BCUT2D eigenvalue weighted by Gasteiger charge is 2.19. The largest absolute Gasteiger partial charge is 0.369 e. The Morgan fingerprint density at radius 1 is 1.29 bits per heavy atom. The third-order valence-electron chi connectivity index (χ3n) is 2.92. The number of aromatic nitrogens is 2. The molecule has 2 N–H and O–H groups in total. The van der Waals surface area contributed by atoms with E-state index in [-0.39, 0.29) is 0 Å². The Kier molecular flexibility index (Phi) is 3.20. The second kappa shape index (κ2) is 4.98. The molecule has 0 bridgehead atoms. The maximum absolute atomic E-state index is 4.29. The van der Waals surface area contributed by atoms with Gasteiger partial charge in [-0.2, -0.15) is 0 Å². The first-order valence-corrected chi connectivity index (χ1v) is 6.97. The van der Waals surface area contributed by atoms with Gasteiger partial charge in [0.05, 0.1) is 5.39 Å². The highest BCUT2D eigenvalue weighted by Crippen LogP contribution is 2.23. The van der Waals surface area contributed by atoms with Crippen molar-refractivity contribution in [2.75, 3.05) is 18.4 Å². The number of rotatable bonds is 6. The lowest BCUT2D eigenvalue weighted by molar-refractivity contribution is 0.658. The zero-order chi connectivity index (χ0) is 11.5. The monoisotopic (exact) mass is 248 g/mol. The zero-order valence-electron chi connectivity index (χ0n) is 9.65. The summed E-state index contributed by atoms with van der Waals surface area (Å²) in [7, 11) is 0. The number of hydrogen-bond donors (Lipinski definition) is 2. The van der Waals surface area contributed by atoms with Gasteiger partial charge in [-0.3, -0.25) is 0 Å². The first-order valence-electron chi connectivity index (χ1n) is 6.09. The van der Waals surface area contributed by atoms with Crippen molar-refractivity contribution < 1.29 is 0 Å². The van der Waals surface area contributed by atoms with E-state index >= 15 is 0 Å². The SMILES string of the molecule is c1nc(NCCCNC2CC2)c2ccsc2n1. The number of hydrogen-bond acceptors (Lipinski definition) is 5. The number of anilines is 1. The standard InChI is InChI=1S/C12H16N4S/c1(5-13-9-2-3-9)6-14-11-10-4-7-17-12(10)16-8-15-11/h4,7-9,13H,1-3,5-6H2,(H,14,15,16). The van der Waals surface area contributed by atoms with E-state index in [4.69, 9.17) is 0 Å². The third kappa shape index (κ3) is 2.73. The van der Waals surface area contributed by atoms with Crippen LogP contribution in [-0.4, -0.2) is 29.1 Å². The van der Waals surface area contributed by atoms with Crippen LogP contribution in [0.5, 0.6) is 0 Å². The minimum Gasteiger partial charge on any atom is -0.369 e. The molecule has 1 saturated carbocycles. The summed E-state index contributed by atoms with van der Waals surface area (Å²) in [6, 6.07) is 2.88. The van der Waals surface area contributed by atoms with Crippen molar-refractivity contribution in [1.29, 1.82) is 0 Å². The van der Waals surface area contributed by atoms with E-state index in [1.165, 1.54) is 12.8 Å². The minimum atomic E-state index is 0.803. The Morgan fingerprint density at radius 2 is 2.24 bits per heavy atom. The smallest absolute Gasteiger partial charge is 0.138 e. The lowest BCUT2D eigenvalue weighted by Crippen LogP contribution is -2.20. The normalized spacial score (nSPS) is 15.3. The molecule has 1 aliphatic carbocycles. The van der Waals surface area contributed by atoms with Gasteiger partial charge in [0.15, 0.2) is 0 Å². The van der Waals surface area contributed by atoms with Gasteiger partial charge < -0.3 is 10.6 Å². The van der Waals surface area contributed by atoms with Crippen LogP contribution in [0.15, 0.2) is 17.8 Å². The molecule has 1 aliphatic rings. The van der Waals surface area contributed by atoms with Crippen LogP contribution in [-0.2, 0) is 0 Å². The van der Waals surface area contributed by atoms with Crippen LogP contribution in [0.4, 0.5) is 5.82 Å². The molecule has 0 radical (unpaired) electrons. The van der Waals surface area contributed by atoms with E-state index in [1.54, 1.807) is 17.7 Å². The molecule has 0 spiro atoms. The lowest BCUT2D eigenvalue weighted by Gasteiger charge is -2.06. The molecule has 4 nitrogen and oxygen atoms in total. The second-order valence-electron chi connectivity index (χ2n) is 4.37. The van der Waals surface area contributed by atoms with Gasteiger partial charge in [-0.25, -0.2) is 9.97 Å². The van der Waals surface area contributed by atoms with Crippen LogP contribution in [0.2, 0.25) is 0 Å². The fourth-order valence-electron chi connectivity index (χ4n) is 1.82. The highest BCUT2D eigenvalue weighted by atomic mass is 32.1. The molecule has 17 heavy (non-hydrogen) atoms. The van der Waals surface area contributed by atoms with Crippen molar-refractivity contribution in [3.05, 3.63) is 17.8 Å². The third-order valence-corrected chi connectivity index (χ3v) is 3.74. The summed E-state index contributed by atoms with van der Waals surface area (Å²) in [6.07, 6.45) is 5.47. The molecule has 2 heterocycles. The average Bonchev–Trinajstić information content (AvgIpc) is 3.04. The first kappa shape index (κ1) is 10.9. The molecule has 0 unspecified atom stereocenters. The molecule has 2 aromatic heterocycles. The van der Waals surface area contributed by atoms with Crippen LogP contribution in [0, 0.1) is 0 Å². The van der Waals surface area contributed by atoms with E-state index in [9.17, 15) is 0 Å². The summed E-state index contributed by atoms with van der Waals surface area (Å²) in [5.74, 6) is 0.961. The summed E-state index contributed by atoms with van der Waals surface area (Å²) in [5.41, 5.74) is 0. The van der Waals surface area contributed by atoms with E-state index in [0.717, 1.165) is 41.6 Å². The van der Waals surface area contributed by atoms with E-state index in [1.807, 2.05) is 0 Å². The number of fused-ring (bicyclic) bond motifs is 1. The molecule has 0 amide bonds. The van der Waals surface area contributed by atoms with Crippen LogP contribution in [0.3, 0.4) is 0 Å². The van der Waals surface area contributed by atoms with E-state index in [0.29, 0.717) is 0 Å². The molecule has 0 aliphatic heterocycles. The van der Waals surface area contributed by atoms with Gasteiger partial charge in [-0.1, -0.05) is 0 Å². The van der Waals surface area contributed by atoms with Gasteiger partial charge >= 0.3 is 0 Å². The molecule has 5 heteroatoms. The number of thiophene rings is 1. The Morgan fingerprint density at radius 3 is 3.12 bits per heavy atom. The maximum atomic E-state index is 4.29. The molecule has 0 atom stereocenters. The van der Waals surface area contributed by atoms with Gasteiger partial charge in [0, 0.05) is 12.6 Å². The van der Waals surface area contributed by atoms with Crippen LogP contribution in [0.25, 0.3) is 10.2 Å². The Balaban J connectivity index is 1.51. The number of nitrogens with zero attached hydrogens (tertiary/aromatic N) is 2. The van der Waals surface area contributed by atoms with E-state index < -0.39 is 0 Å². The summed E-state index contributed by atoms with van der Waals surface area (Å²) >= 11 is 1.65. The lowest BCUT2D eigenvalue weighted by atomic mass is 10.3. The first-order chi connectivity index (χ1) is 8.43. The molecular weight excluding hydrogens is 232 g/mol. The zero-order valence-corrected chi connectivity index (χ0v) is 10.5. The molecule has 90 valence electrons. The molecule has 0 saturated heterocycles.